The smallest absolute Gasteiger partial charge is 0.321 e. The van der Waals surface area contributed by atoms with E-state index in [1.165, 1.54) is 11.3 Å². The summed E-state index contributed by atoms with van der Waals surface area (Å²) < 4.78 is 11.2. The van der Waals surface area contributed by atoms with Crippen LogP contribution >= 0.6 is 11.3 Å². The lowest BCUT2D eigenvalue weighted by Gasteiger charge is -2.55. The van der Waals surface area contributed by atoms with Crippen molar-refractivity contribution < 1.29 is 19.1 Å². The van der Waals surface area contributed by atoms with Gasteiger partial charge in [0.25, 0.3) is 5.91 Å². The van der Waals surface area contributed by atoms with E-state index in [0.29, 0.717) is 43.3 Å². The topological polar surface area (TPSA) is 101 Å². The minimum Gasteiger partial charge on any atom is -0.497 e. The largest absolute Gasteiger partial charge is 0.497 e. The fourth-order valence-electron chi connectivity index (χ4n) is 6.36. The molecule has 2 saturated heterocycles. The first kappa shape index (κ1) is 30.4. The van der Waals surface area contributed by atoms with E-state index in [-0.39, 0.29) is 23.5 Å². The number of aliphatic imine (C=N–C) groups is 1. The Morgan fingerprint density at radius 3 is 2.51 bits per heavy atom. The lowest BCUT2D eigenvalue weighted by molar-refractivity contribution is -0.127. The summed E-state index contributed by atoms with van der Waals surface area (Å²) in [5.41, 5.74) is 8.96. The Labute approximate surface area is 247 Å². The van der Waals surface area contributed by atoms with Crippen LogP contribution in [0, 0.1) is 0 Å². The van der Waals surface area contributed by atoms with Crippen LogP contribution in [0.15, 0.2) is 40.7 Å². The van der Waals surface area contributed by atoms with Gasteiger partial charge in [0.1, 0.15) is 17.2 Å². The Balaban J connectivity index is 1.50. The number of likely N-dealkylation sites (tertiary alicyclic amines) is 1. The molecule has 1 atom stereocenters. The van der Waals surface area contributed by atoms with Crippen molar-refractivity contribution in [2.24, 2.45) is 10.7 Å². The summed E-state index contributed by atoms with van der Waals surface area (Å²) >= 11 is 1.53. The second kappa shape index (κ2) is 13.0. The first-order valence-corrected chi connectivity index (χ1v) is 15.2. The van der Waals surface area contributed by atoms with Crippen molar-refractivity contribution in [2.45, 2.75) is 64.6 Å². The van der Waals surface area contributed by atoms with Crippen LogP contribution in [0.2, 0.25) is 0 Å². The summed E-state index contributed by atoms with van der Waals surface area (Å²) in [6, 6.07) is 7.84. The van der Waals surface area contributed by atoms with Crippen LogP contribution in [0.1, 0.15) is 56.0 Å². The van der Waals surface area contributed by atoms with E-state index >= 15 is 0 Å². The molecular weight excluding hydrogens is 538 g/mol. The van der Waals surface area contributed by atoms with E-state index in [1.54, 1.807) is 27.3 Å². The first-order valence-electron chi connectivity index (χ1n) is 14.3. The molecule has 0 radical (unpaired) electrons. The Morgan fingerprint density at radius 2 is 1.95 bits per heavy atom. The van der Waals surface area contributed by atoms with Gasteiger partial charge in [-0.15, -0.1) is 11.3 Å². The zero-order valence-corrected chi connectivity index (χ0v) is 25.9. The highest BCUT2D eigenvalue weighted by molar-refractivity contribution is 7.11. The summed E-state index contributed by atoms with van der Waals surface area (Å²) in [5, 5.41) is 1.95. The maximum Gasteiger partial charge on any atom is 0.321 e. The maximum atomic E-state index is 14.0. The predicted molar refractivity (Wildman–Crippen MR) is 165 cm³/mol. The number of hydrogen-bond acceptors (Lipinski definition) is 7. The summed E-state index contributed by atoms with van der Waals surface area (Å²) in [4.78, 5) is 38.4. The van der Waals surface area contributed by atoms with Crippen molar-refractivity contribution in [2.75, 3.05) is 40.9 Å². The van der Waals surface area contributed by atoms with Crippen LogP contribution in [0.4, 0.5) is 4.79 Å². The molecule has 41 heavy (non-hydrogen) atoms. The van der Waals surface area contributed by atoms with E-state index in [0.717, 1.165) is 47.4 Å². The number of thiophene rings is 1. The molecule has 2 fully saturated rings. The second-order valence-corrected chi connectivity index (χ2v) is 11.7. The second-order valence-electron chi connectivity index (χ2n) is 10.7. The van der Waals surface area contributed by atoms with E-state index in [9.17, 15) is 9.59 Å². The lowest BCUT2D eigenvalue weighted by atomic mass is 9.78. The molecule has 2 aliphatic rings. The summed E-state index contributed by atoms with van der Waals surface area (Å²) in [6.07, 6.45) is 4.76. The van der Waals surface area contributed by atoms with Gasteiger partial charge < -0.3 is 29.9 Å². The van der Waals surface area contributed by atoms with Crippen LogP contribution in [0.5, 0.6) is 11.5 Å². The fourth-order valence-corrected chi connectivity index (χ4v) is 7.01. The van der Waals surface area contributed by atoms with Gasteiger partial charge in [-0.3, -0.25) is 9.79 Å². The van der Waals surface area contributed by atoms with Crippen molar-refractivity contribution in [3.63, 3.8) is 0 Å². The molecule has 0 unspecified atom stereocenters. The van der Waals surface area contributed by atoms with Crippen LogP contribution in [0.3, 0.4) is 0 Å². The number of ether oxygens (including phenoxy) is 2. The van der Waals surface area contributed by atoms with Crippen molar-refractivity contribution in [3.05, 3.63) is 51.7 Å². The Bertz CT molecular complexity index is 1300. The van der Waals surface area contributed by atoms with Gasteiger partial charge in [-0.2, -0.15) is 0 Å². The highest BCUT2D eigenvalue weighted by atomic mass is 32.1. The number of nitrogens with zero attached hydrogens (tertiary/aromatic N) is 4. The third-order valence-corrected chi connectivity index (χ3v) is 9.46. The monoisotopic (exact) mass is 581 g/mol. The molecule has 222 valence electrons. The lowest BCUT2D eigenvalue weighted by Crippen LogP contribution is -2.67. The molecule has 2 aromatic rings. The van der Waals surface area contributed by atoms with Crippen molar-refractivity contribution in [3.8, 4) is 11.5 Å². The zero-order chi connectivity index (χ0) is 29.7. The number of urea groups is 1. The molecule has 0 saturated carbocycles. The minimum absolute atomic E-state index is 0.0377. The minimum atomic E-state index is -0.284. The molecule has 9 nitrogen and oxygen atoms in total. The SMILES string of the molecule is CCc1c(CN2C(=O)N(CC)C3(CCN(C(=O)C(C=C(N)c4cccs4)=NC)CC3)C[C@H]2C)cc(OC)cc1OC. The number of nitrogens with two attached hydrogens (primary N) is 1. The van der Waals surface area contributed by atoms with Gasteiger partial charge in [0.15, 0.2) is 0 Å². The zero-order valence-electron chi connectivity index (χ0n) is 25.1. The van der Waals surface area contributed by atoms with Gasteiger partial charge in [-0.1, -0.05) is 13.0 Å². The van der Waals surface area contributed by atoms with E-state index < -0.39 is 0 Å². The average Bonchev–Trinajstić information content (AvgIpc) is 3.53. The Hall–Kier alpha value is -3.53. The van der Waals surface area contributed by atoms with Gasteiger partial charge in [-0.05, 0) is 74.2 Å². The number of amides is 3. The predicted octanol–water partition coefficient (Wildman–Crippen LogP) is 4.80. The van der Waals surface area contributed by atoms with E-state index in [4.69, 9.17) is 15.2 Å². The number of carbonyl (C=O) groups is 2. The molecule has 0 bridgehead atoms. The summed E-state index contributed by atoms with van der Waals surface area (Å²) in [6.45, 7) is 8.49. The van der Waals surface area contributed by atoms with Crippen molar-refractivity contribution in [1.82, 2.24) is 14.7 Å². The molecular formula is C31H43N5O4S. The Kier molecular flexibility index (Phi) is 9.63. The van der Waals surface area contributed by atoms with Crippen molar-refractivity contribution >= 4 is 34.7 Å². The molecule has 1 aromatic heterocycles. The normalized spacial score (nSPS) is 19.6. The highest BCUT2D eigenvalue weighted by Crippen LogP contribution is 2.40. The summed E-state index contributed by atoms with van der Waals surface area (Å²) in [5.74, 6) is 1.37. The van der Waals surface area contributed by atoms with Gasteiger partial charge in [-0.25, -0.2) is 4.79 Å². The fraction of sp³-hybridized carbons (Fsp3) is 0.516. The molecule has 0 aliphatic carbocycles. The summed E-state index contributed by atoms with van der Waals surface area (Å²) in [7, 11) is 4.92. The number of methoxy groups -OCH3 is 2. The standard InChI is InChI=1S/C31H43N5O4S/c1-7-24-22(16-23(39-5)17-27(24)40-6)20-35-21(3)19-31(36(8-2)30(35)38)11-13-34(14-12-31)29(37)26(33-4)18-25(32)28-10-9-15-41-28/h9-10,15-18,21H,7-8,11-14,19-20,32H2,1-6H3/t21-/m1/s1. The number of carbonyl (C=O) groups excluding carboxylic acids is 2. The molecule has 4 rings (SSSR count). The van der Waals surface area contributed by atoms with E-state index in [1.807, 2.05) is 51.3 Å². The molecule has 3 heterocycles. The quantitative estimate of drug-likeness (QED) is 0.429. The van der Waals surface area contributed by atoms with Gasteiger partial charge in [0.05, 0.1) is 24.8 Å². The third-order valence-electron chi connectivity index (χ3n) is 8.54. The molecule has 10 heteroatoms. The van der Waals surface area contributed by atoms with E-state index in [2.05, 4.69) is 18.8 Å². The number of benzene rings is 1. The maximum absolute atomic E-state index is 14.0. The molecule has 2 aliphatic heterocycles. The third kappa shape index (κ3) is 6.07. The molecule has 1 aromatic carbocycles. The highest BCUT2D eigenvalue weighted by Gasteiger charge is 2.49. The van der Waals surface area contributed by atoms with Crippen molar-refractivity contribution in [1.29, 1.82) is 0 Å². The van der Waals surface area contributed by atoms with Crippen LogP contribution in [0.25, 0.3) is 5.70 Å². The van der Waals surface area contributed by atoms with Crippen LogP contribution in [-0.2, 0) is 17.8 Å². The molecule has 1 spiro atoms. The number of piperidine rings is 1. The average molecular weight is 582 g/mol. The van der Waals surface area contributed by atoms with Crippen LogP contribution < -0.4 is 15.2 Å². The van der Waals surface area contributed by atoms with Crippen LogP contribution in [-0.4, -0.2) is 84.8 Å². The number of hydrogen-bond donors (Lipinski definition) is 1. The molecule has 3 amide bonds. The molecule has 2 N–H and O–H groups in total. The number of rotatable bonds is 9. The first-order chi connectivity index (χ1) is 19.7. The van der Waals surface area contributed by atoms with Gasteiger partial charge in [0.2, 0.25) is 0 Å². The Morgan fingerprint density at radius 1 is 1.22 bits per heavy atom. The van der Waals surface area contributed by atoms with Gasteiger partial charge in [0, 0.05) is 50.9 Å². The van der Waals surface area contributed by atoms with Gasteiger partial charge >= 0.3 is 6.03 Å².